The fraction of sp³-hybridized carbons (Fsp3) is 0.517. The molecule has 1 saturated carbocycles. The van der Waals surface area contributed by atoms with Crippen LogP contribution >= 0.6 is 11.6 Å². The number of likely N-dealkylation sites (N-methyl/N-ethyl adjacent to an activating group) is 1. The zero-order valence-corrected chi connectivity index (χ0v) is 24.5. The Kier molecular flexibility index (Phi) is 8.92. The maximum atomic E-state index is 14.1. The van der Waals surface area contributed by atoms with Gasteiger partial charge in [0.05, 0.1) is 10.6 Å². The number of ether oxygens (including phenoxy) is 1. The molecule has 4 rings (SSSR count). The van der Waals surface area contributed by atoms with Crippen LogP contribution in [0.5, 0.6) is 5.75 Å². The van der Waals surface area contributed by atoms with Crippen molar-refractivity contribution in [3.8, 4) is 5.75 Å². The van der Waals surface area contributed by atoms with E-state index in [1.54, 1.807) is 26.2 Å². The highest BCUT2D eigenvalue weighted by Gasteiger charge is 2.62. The van der Waals surface area contributed by atoms with Crippen molar-refractivity contribution in [1.29, 1.82) is 0 Å². The van der Waals surface area contributed by atoms with Crippen LogP contribution in [-0.2, 0) is 10.4 Å². The zero-order chi connectivity index (χ0) is 32.0. The number of anilines is 1. The topological polar surface area (TPSA) is 73.3 Å². The van der Waals surface area contributed by atoms with Crippen LogP contribution in [0.25, 0.3) is 0 Å². The van der Waals surface area contributed by atoms with E-state index in [1.807, 2.05) is 6.07 Å². The third kappa shape index (κ3) is 6.82. The number of carbonyl (C=O) groups excluding carboxylic acids is 2. The smallest absolute Gasteiger partial charge is 0.406 e. The lowest BCUT2D eigenvalue weighted by Crippen LogP contribution is -2.55. The minimum Gasteiger partial charge on any atom is -0.406 e. The average Bonchev–Trinajstić information content (AvgIpc) is 3.60. The quantitative estimate of drug-likeness (QED) is 0.369. The summed E-state index contributed by atoms with van der Waals surface area (Å²) in [6.45, 7) is 1.35. The van der Waals surface area contributed by atoms with Gasteiger partial charge in [-0.05, 0) is 67.3 Å². The first kappa shape index (κ1) is 32.7. The van der Waals surface area contributed by atoms with Gasteiger partial charge in [0.1, 0.15) is 5.75 Å². The molecule has 2 aliphatic rings. The third-order valence-electron chi connectivity index (χ3n) is 8.44. The van der Waals surface area contributed by atoms with Crippen molar-refractivity contribution in [1.82, 2.24) is 9.80 Å². The molecule has 236 valence electrons. The van der Waals surface area contributed by atoms with Crippen LogP contribution in [-0.4, -0.2) is 80.0 Å². The molecule has 0 aromatic heterocycles. The monoisotopic (exact) mass is 635 g/mol. The number of rotatable bonds is 8. The van der Waals surface area contributed by atoms with Gasteiger partial charge in [0, 0.05) is 52.0 Å². The summed E-state index contributed by atoms with van der Waals surface area (Å²) < 4.78 is 83.7. The van der Waals surface area contributed by atoms with Crippen molar-refractivity contribution in [2.24, 2.45) is 11.3 Å². The van der Waals surface area contributed by atoms with Crippen molar-refractivity contribution < 1.29 is 45.8 Å². The molecule has 2 fully saturated rings. The SMILES string of the molecule is CN(C)C(=O)c1ccc(N2CCC3(CC2)C[C@H]3CCN(C)C(=O)[C@](O)(c2cccc(OC(F)(F)F)c2)C(F)(F)F)cc1Cl. The fourth-order valence-corrected chi connectivity index (χ4v) is 6.09. The van der Waals surface area contributed by atoms with Crippen LogP contribution in [0.3, 0.4) is 0 Å². The molecule has 2 amide bonds. The van der Waals surface area contributed by atoms with Gasteiger partial charge in [0.15, 0.2) is 0 Å². The molecule has 14 heteroatoms. The van der Waals surface area contributed by atoms with E-state index in [1.165, 1.54) is 4.90 Å². The van der Waals surface area contributed by atoms with Gasteiger partial charge < -0.3 is 24.5 Å². The van der Waals surface area contributed by atoms with Crippen LogP contribution in [0.4, 0.5) is 32.0 Å². The molecule has 1 N–H and O–H groups in total. The number of carbonyl (C=O) groups is 2. The Morgan fingerprint density at radius 1 is 1.05 bits per heavy atom. The number of nitrogens with zero attached hydrogens (tertiary/aromatic N) is 3. The fourth-order valence-electron chi connectivity index (χ4n) is 5.83. The number of halogens is 7. The summed E-state index contributed by atoms with van der Waals surface area (Å²) >= 11 is 6.36. The maximum absolute atomic E-state index is 14.1. The van der Waals surface area contributed by atoms with E-state index in [4.69, 9.17) is 11.6 Å². The van der Waals surface area contributed by atoms with Gasteiger partial charge in [-0.15, -0.1) is 13.2 Å². The molecule has 0 unspecified atom stereocenters. The van der Waals surface area contributed by atoms with E-state index in [0.29, 0.717) is 36.2 Å². The van der Waals surface area contributed by atoms with E-state index in [-0.39, 0.29) is 23.8 Å². The molecule has 1 heterocycles. The van der Waals surface area contributed by atoms with Crippen LogP contribution in [0.15, 0.2) is 42.5 Å². The Hall–Kier alpha value is -3.19. The van der Waals surface area contributed by atoms with Crippen LogP contribution < -0.4 is 9.64 Å². The minimum atomic E-state index is -5.51. The number of hydrogen-bond acceptors (Lipinski definition) is 5. The van der Waals surface area contributed by atoms with Crippen molar-refractivity contribution in [2.45, 2.75) is 43.8 Å². The summed E-state index contributed by atoms with van der Waals surface area (Å²) in [5.74, 6) is -2.72. The van der Waals surface area contributed by atoms with Gasteiger partial charge >= 0.3 is 12.5 Å². The van der Waals surface area contributed by atoms with Gasteiger partial charge in [-0.25, -0.2) is 0 Å². The molecule has 7 nitrogen and oxygen atoms in total. The predicted octanol–water partition coefficient (Wildman–Crippen LogP) is 5.85. The molecular weight excluding hydrogens is 604 g/mol. The van der Waals surface area contributed by atoms with Gasteiger partial charge in [0.2, 0.25) is 0 Å². The minimum absolute atomic E-state index is 0.00535. The lowest BCUT2D eigenvalue weighted by Gasteiger charge is -2.35. The highest BCUT2D eigenvalue weighted by molar-refractivity contribution is 6.34. The Bertz CT molecular complexity index is 1360. The third-order valence-corrected chi connectivity index (χ3v) is 8.75. The second-order valence-corrected chi connectivity index (χ2v) is 11.8. The van der Waals surface area contributed by atoms with Crippen molar-refractivity contribution in [2.75, 3.05) is 45.7 Å². The summed E-state index contributed by atoms with van der Waals surface area (Å²) in [5.41, 5.74) is -3.85. The summed E-state index contributed by atoms with van der Waals surface area (Å²) in [6, 6.07) is 8.00. The van der Waals surface area contributed by atoms with E-state index in [0.717, 1.165) is 55.1 Å². The molecule has 1 saturated heterocycles. The molecule has 1 aliphatic carbocycles. The van der Waals surface area contributed by atoms with E-state index in [2.05, 4.69) is 9.64 Å². The van der Waals surface area contributed by atoms with Gasteiger partial charge in [0.25, 0.3) is 17.4 Å². The summed E-state index contributed by atoms with van der Waals surface area (Å²) in [4.78, 5) is 29.6. The Balaban J connectivity index is 1.36. The normalized spacial score (nSPS) is 19.5. The van der Waals surface area contributed by atoms with Crippen LogP contribution in [0.1, 0.15) is 41.6 Å². The maximum Gasteiger partial charge on any atom is 0.573 e. The molecule has 1 aliphatic heterocycles. The van der Waals surface area contributed by atoms with Crippen molar-refractivity contribution in [3.63, 3.8) is 0 Å². The summed E-state index contributed by atoms with van der Waals surface area (Å²) in [7, 11) is 4.41. The lowest BCUT2D eigenvalue weighted by atomic mass is 9.89. The van der Waals surface area contributed by atoms with Gasteiger partial charge in [-0.2, -0.15) is 13.2 Å². The molecule has 2 aromatic carbocycles. The second-order valence-electron chi connectivity index (χ2n) is 11.4. The summed E-state index contributed by atoms with van der Waals surface area (Å²) in [6.07, 6.45) is -7.78. The van der Waals surface area contributed by atoms with E-state index >= 15 is 0 Å². The molecule has 43 heavy (non-hydrogen) atoms. The molecular formula is C29H32ClF6N3O4. The highest BCUT2D eigenvalue weighted by Crippen LogP contribution is 2.61. The number of aliphatic hydroxyl groups is 1. The number of alkyl halides is 6. The first-order valence-corrected chi connectivity index (χ1v) is 13.9. The number of amides is 2. The van der Waals surface area contributed by atoms with Crippen molar-refractivity contribution in [3.05, 3.63) is 58.6 Å². The Labute approximate surface area is 249 Å². The first-order chi connectivity index (χ1) is 19.9. The van der Waals surface area contributed by atoms with Crippen molar-refractivity contribution >= 4 is 29.1 Å². The van der Waals surface area contributed by atoms with E-state index in [9.17, 15) is 41.0 Å². The molecule has 1 spiro atoms. The first-order valence-electron chi connectivity index (χ1n) is 13.5. The molecule has 0 radical (unpaired) electrons. The summed E-state index contributed by atoms with van der Waals surface area (Å²) in [5, 5.41) is 11.0. The predicted molar refractivity (Wildman–Crippen MR) is 147 cm³/mol. The molecule has 2 aromatic rings. The molecule has 0 bridgehead atoms. The van der Waals surface area contributed by atoms with E-state index < -0.39 is 35.4 Å². The largest absolute Gasteiger partial charge is 0.573 e. The Morgan fingerprint density at radius 2 is 1.70 bits per heavy atom. The number of benzene rings is 2. The van der Waals surface area contributed by atoms with Gasteiger partial charge in [-0.3, -0.25) is 9.59 Å². The molecule has 2 atom stereocenters. The second kappa shape index (κ2) is 11.7. The lowest BCUT2D eigenvalue weighted by molar-refractivity contribution is -0.274. The van der Waals surface area contributed by atoms with Crippen LogP contribution in [0.2, 0.25) is 5.02 Å². The zero-order valence-electron chi connectivity index (χ0n) is 23.7. The number of hydrogen-bond donors (Lipinski definition) is 1. The average molecular weight is 636 g/mol. The highest BCUT2D eigenvalue weighted by atomic mass is 35.5. The Morgan fingerprint density at radius 3 is 2.26 bits per heavy atom. The number of piperidine rings is 1. The standard InChI is InChI=1S/C29H32ClF6N3O4/c1-37(2)24(40)22-8-7-20(16-23(22)30)39-13-10-26(11-14-39)17-19(26)9-12-38(3)25(41)27(42,28(31,32)33)18-5-4-6-21(15-18)43-29(34,35)36/h4-8,15-16,19,42H,9-14,17H2,1-3H3/t19-,27-/m1/s1. The van der Waals surface area contributed by atoms with Crippen LogP contribution in [0, 0.1) is 11.3 Å². The van der Waals surface area contributed by atoms with Gasteiger partial charge in [-0.1, -0.05) is 23.7 Å².